The van der Waals surface area contributed by atoms with Crippen LogP contribution >= 0.6 is 11.6 Å². The van der Waals surface area contributed by atoms with Gasteiger partial charge in [0.15, 0.2) is 5.78 Å². The van der Waals surface area contributed by atoms with Gasteiger partial charge < -0.3 is 15.2 Å². The first kappa shape index (κ1) is 22.5. The monoisotopic (exact) mass is 438 g/mol. The van der Waals surface area contributed by atoms with Gasteiger partial charge in [-0.3, -0.25) is 9.59 Å². The van der Waals surface area contributed by atoms with E-state index in [-0.39, 0.29) is 29.7 Å². The molecule has 0 aliphatic heterocycles. The van der Waals surface area contributed by atoms with Crippen LogP contribution in [0.25, 0.3) is 0 Å². The Balaban J connectivity index is 1.75. The summed E-state index contributed by atoms with van der Waals surface area (Å²) >= 11 is 6.32. The number of rotatable bonds is 7. The number of nitrogens with zero attached hydrogens (tertiary/aromatic N) is 1. The van der Waals surface area contributed by atoms with Crippen molar-refractivity contribution in [1.82, 2.24) is 10.3 Å². The van der Waals surface area contributed by atoms with Crippen molar-refractivity contribution < 1.29 is 19.4 Å². The van der Waals surface area contributed by atoms with E-state index in [2.05, 4.69) is 10.3 Å². The number of benzene rings is 2. The van der Waals surface area contributed by atoms with Crippen LogP contribution in [0.5, 0.6) is 11.6 Å². The lowest BCUT2D eigenvalue weighted by atomic mass is 9.97. The Kier molecular flexibility index (Phi) is 6.73. The van der Waals surface area contributed by atoms with Crippen LogP contribution in [0.1, 0.15) is 52.6 Å². The summed E-state index contributed by atoms with van der Waals surface area (Å²) in [4.78, 5) is 28.5. The molecule has 0 aliphatic carbocycles. The molecule has 0 saturated heterocycles. The Bertz CT molecular complexity index is 1120. The molecule has 0 bridgehead atoms. The fraction of sp³-hybridized carbons (Fsp3) is 0.208. The Hall–Kier alpha value is -3.22. The highest BCUT2D eigenvalue weighted by molar-refractivity contribution is 6.31. The van der Waals surface area contributed by atoms with Gasteiger partial charge in [-0.05, 0) is 62.2 Å². The minimum atomic E-state index is -1.01. The summed E-state index contributed by atoms with van der Waals surface area (Å²) < 4.78 is 5.77. The fourth-order valence-corrected chi connectivity index (χ4v) is 3.12. The van der Waals surface area contributed by atoms with Gasteiger partial charge in [0.1, 0.15) is 11.3 Å². The van der Waals surface area contributed by atoms with E-state index in [1.54, 1.807) is 68.4 Å². The Morgan fingerprint density at radius 1 is 1.13 bits per heavy atom. The molecule has 2 aromatic carbocycles. The minimum absolute atomic E-state index is 0.0862. The van der Waals surface area contributed by atoms with E-state index in [0.29, 0.717) is 27.5 Å². The van der Waals surface area contributed by atoms with Crippen molar-refractivity contribution in [2.45, 2.75) is 32.9 Å². The van der Waals surface area contributed by atoms with E-state index in [4.69, 9.17) is 16.3 Å². The molecule has 3 rings (SSSR count). The Labute approximate surface area is 185 Å². The third-order valence-electron chi connectivity index (χ3n) is 4.67. The van der Waals surface area contributed by atoms with Gasteiger partial charge in [-0.25, -0.2) is 4.98 Å². The second-order valence-corrected chi connectivity index (χ2v) is 8.00. The number of pyridine rings is 1. The van der Waals surface area contributed by atoms with Crippen molar-refractivity contribution >= 4 is 23.3 Å². The molecule has 0 radical (unpaired) electrons. The zero-order valence-corrected chi connectivity index (χ0v) is 18.2. The zero-order chi connectivity index (χ0) is 22.6. The second kappa shape index (κ2) is 9.29. The molecule has 0 spiro atoms. The van der Waals surface area contributed by atoms with E-state index in [0.717, 1.165) is 0 Å². The molecule has 1 amide bonds. The molecule has 0 unspecified atom stereocenters. The van der Waals surface area contributed by atoms with Crippen LogP contribution in [0.4, 0.5) is 0 Å². The number of hydrogen-bond acceptors (Lipinski definition) is 5. The predicted molar refractivity (Wildman–Crippen MR) is 119 cm³/mol. The van der Waals surface area contributed by atoms with Crippen LogP contribution in [0.15, 0.2) is 60.8 Å². The minimum Gasteiger partial charge on any atom is -0.438 e. The Morgan fingerprint density at radius 3 is 2.58 bits per heavy atom. The van der Waals surface area contributed by atoms with Crippen molar-refractivity contribution in [3.8, 4) is 11.6 Å². The molecule has 31 heavy (non-hydrogen) atoms. The summed E-state index contributed by atoms with van der Waals surface area (Å²) in [7, 11) is 0. The van der Waals surface area contributed by atoms with E-state index < -0.39 is 5.60 Å². The maximum atomic E-state index is 12.8. The predicted octanol–water partition coefficient (Wildman–Crippen LogP) is 4.89. The quantitative estimate of drug-likeness (QED) is 0.513. The lowest BCUT2D eigenvalue weighted by molar-refractivity contribution is 0.0785. The molecular formula is C24H23ClN2O4. The smallest absolute Gasteiger partial charge is 0.257 e. The lowest BCUT2D eigenvalue weighted by Crippen LogP contribution is -2.24. The number of ketones is 1. The van der Waals surface area contributed by atoms with Crippen molar-refractivity contribution in [1.29, 1.82) is 0 Å². The molecule has 2 N–H and O–H groups in total. The van der Waals surface area contributed by atoms with Crippen molar-refractivity contribution in [3.05, 3.63) is 88.1 Å². The molecule has 1 heterocycles. The van der Waals surface area contributed by atoms with Gasteiger partial charge in [0.2, 0.25) is 5.88 Å². The second-order valence-electron chi connectivity index (χ2n) is 7.59. The molecule has 160 valence electrons. The van der Waals surface area contributed by atoms with E-state index in [1.165, 1.54) is 13.1 Å². The topological polar surface area (TPSA) is 88.5 Å². The van der Waals surface area contributed by atoms with Crippen LogP contribution < -0.4 is 10.1 Å². The third kappa shape index (κ3) is 5.69. The highest BCUT2D eigenvalue weighted by atomic mass is 35.5. The first-order valence-corrected chi connectivity index (χ1v) is 10.1. The fourth-order valence-electron chi connectivity index (χ4n) is 2.88. The molecule has 6 nitrogen and oxygen atoms in total. The van der Waals surface area contributed by atoms with Crippen LogP contribution in [0.2, 0.25) is 5.02 Å². The van der Waals surface area contributed by atoms with Gasteiger partial charge in [-0.15, -0.1) is 0 Å². The molecule has 7 heteroatoms. The number of ether oxygens (including phenoxy) is 1. The number of aromatic nitrogens is 1. The average Bonchev–Trinajstić information content (AvgIpc) is 2.72. The summed E-state index contributed by atoms with van der Waals surface area (Å²) in [5.41, 5.74) is 1.14. The molecule has 1 aromatic heterocycles. The van der Waals surface area contributed by atoms with Crippen molar-refractivity contribution in [2.75, 3.05) is 0 Å². The number of hydrogen-bond donors (Lipinski definition) is 2. The first-order valence-electron chi connectivity index (χ1n) is 9.68. The van der Waals surface area contributed by atoms with Crippen LogP contribution in [0, 0.1) is 0 Å². The Morgan fingerprint density at radius 2 is 1.90 bits per heavy atom. The molecular weight excluding hydrogens is 416 g/mol. The van der Waals surface area contributed by atoms with Crippen LogP contribution in [-0.2, 0) is 12.1 Å². The standard InChI is InChI=1S/C24H23ClN2O4/c1-15(28)16-6-4-7-19(12-16)31-23-20(8-5-11-26-23)22(29)27-14-17-9-10-18(13-21(17)25)24(2,3)30/h4-13,30H,14H2,1-3H3,(H,27,29). The first-order chi connectivity index (χ1) is 14.6. The van der Waals surface area contributed by atoms with Crippen molar-refractivity contribution in [2.24, 2.45) is 0 Å². The highest BCUT2D eigenvalue weighted by Gasteiger charge is 2.18. The number of carbonyl (C=O) groups is 2. The summed E-state index contributed by atoms with van der Waals surface area (Å²) in [5.74, 6) is 0.0697. The molecule has 0 atom stereocenters. The maximum absolute atomic E-state index is 12.8. The molecule has 0 saturated carbocycles. The molecule has 0 aliphatic rings. The van der Waals surface area contributed by atoms with E-state index in [9.17, 15) is 14.7 Å². The van der Waals surface area contributed by atoms with Gasteiger partial charge in [-0.2, -0.15) is 0 Å². The summed E-state index contributed by atoms with van der Waals surface area (Å²) in [6.45, 7) is 5.02. The lowest BCUT2D eigenvalue weighted by Gasteiger charge is -2.19. The third-order valence-corrected chi connectivity index (χ3v) is 5.02. The maximum Gasteiger partial charge on any atom is 0.257 e. The van der Waals surface area contributed by atoms with Gasteiger partial charge in [0.25, 0.3) is 5.91 Å². The van der Waals surface area contributed by atoms with Gasteiger partial charge in [0.05, 0.1) is 5.60 Å². The number of aliphatic hydroxyl groups is 1. The molecule has 0 fully saturated rings. The molecule has 3 aromatic rings. The number of Topliss-reactive ketones (excluding diaryl/α,β-unsaturated/α-hetero) is 1. The van der Waals surface area contributed by atoms with Gasteiger partial charge in [0, 0.05) is 23.3 Å². The highest BCUT2D eigenvalue weighted by Crippen LogP contribution is 2.26. The number of halogens is 1. The van der Waals surface area contributed by atoms with Crippen molar-refractivity contribution in [3.63, 3.8) is 0 Å². The van der Waals surface area contributed by atoms with Gasteiger partial charge in [-0.1, -0.05) is 35.9 Å². The van der Waals surface area contributed by atoms with Crippen LogP contribution in [-0.4, -0.2) is 21.8 Å². The zero-order valence-electron chi connectivity index (χ0n) is 17.5. The SMILES string of the molecule is CC(=O)c1cccc(Oc2ncccc2C(=O)NCc2ccc(C(C)(C)O)cc2Cl)c1. The van der Waals surface area contributed by atoms with E-state index >= 15 is 0 Å². The number of amides is 1. The van der Waals surface area contributed by atoms with Crippen LogP contribution in [0.3, 0.4) is 0 Å². The van der Waals surface area contributed by atoms with Gasteiger partial charge >= 0.3 is 0 Å². The summed E-state index contributed by atoms with van der Waals surface area (Å²) in [6, 6.07) is 15.1. The average molecular weight is 439 g/mol. The largest absolute Gasteiger partial charge is 0.438 e. The number of carbonyl (C=O) groups excluding carboxylic acids is 2. The summed E-state index contributed by atoms with van der Waals surface area (Å²) in [5, 5.41) is 13.4. The van der Waals surface area contributed by atoms with E-state index in [1.807, 2.05) is 0 Å². The normalized spacial score (nSPS) is 11.1. The summed E-state index contributed by atoms with van der Waals surface area (Å²) in [6.07, 6.45) is 1.52. The number of nitrogens with one attached hydrogen (secondary N) is 1.